The Balaban J connectivity index is 0.000000249. The summed E-state index contributed by atoms with van der Waals surface area (Å²) in [6, 6.07) is 17.2. The SMILES string of the molecule is CCC(CC)C(=O)/C=C(\O)C(CC)CC.[Ir].[c-]1ccccc1-c1cc2c(ccc3nccn32)cn1. The van der Waals surface area contributed by atoms with Crippen molar-refractivity contribution in [3.8, 4) is 11.3 Å². The summed E-state index contributed by atoms with van der Waals surface area (Å²) < 4.78 is 2.07. The first kappa shape index (κ1) is 28.4. The van der Waals surface area contributed by atoms with Gasteiger partial charge in [0.15, 0.2) is 5.78 Å². The first-order valence-corrected chi connectivity index (χ1v) is 12.2. The molecule has 6 heteroatoms. The summed E-state index contributed by atoms with van der Waals surface area (Å²) in [5, 5.41) is 10.9. The molecule has 0 amide bonds. The molecule has 3 heterocycles. The third-order valence-corrected chi connectivity index (χ3v) is 6.32. The fraction of sp³-hybridized carbons (Fsp3) is 0.345. The van der Waals surface area contributed by atoms with Gasteiger partial charge in [-0.15, -0.1) is 35.9 Å². The predicted molar refractivity (Wildman–Crippen MR) is 139 cm³/mol. The van der Waals surface area contributed by atoms with Crippen molar-refractivity contribution in [3.63, 3.8) is 0 Å². The minimum absolute atomic E-state index is 0. The van der Waals surface area contributed by atoms with Crippen LogP contribution in [0.5, 0.6) is 0 Å². The molecular weight excluding hydrogens is 615 g/mol. The number of aromatic nitrogens is 3. The number of benzene rings is 1. The molecule has 0 fully saturated rings. The zero-order chi connectivity index (χ0) is 24.5. The number of hydrogen-bond acceptors (Lipinski definition) is 4. The Bertz CT molecular complexity index is 1240. The van der Waals surface area contributed by atoms with Gasteiger partial charge in [-0.3, -0.25) is 4.79 Å². The fourth-order valence-corrected chi connectivity index (χ4v) is 4.08. The largest absolute Gasteiger partial charge is 0.512 e. The molecule has 1 N–H and O–H groups in total. The van der Waals surface area contributed by atoms with E-state index < -0.39 is 0 Å². The van der Waals surface area contributed by atoms with Gasteiger partial charge in [0.25, 0.3) is 0 Å². The van der Waals surface area contributed by atoms with Crippen molar-refractivity contribution in [1.29, 1.82) is 0 Å². The summed E-state index contributed by atoms with van der Waals surface area (Å²) in [6.07, 6.45) is 10.6. The van der Waals surface area contributed by atoms with E-state index in [2.05, 4.69) is 26.5 Å². The second-order valence-corrected chi connectivity index (χ2v) is 8.39. The molecule has 0 unspecified atom stereocenters. The average molecular weight is 649 g/mol. The molecule has 4 rings (SSSR count). The summed E-state index contributed by atoms with van der Waals surface area (Å²) in [5.74, 6) is 0.547. The summed E-state index contributed by atoms with van der Waals surface area (Å²) in [4.78, 5) is 20.5. The van der Waals surface area contributed by atoms with Gasteiger partial charge in [-0.05, 0) is 43.5 Å². The molecule has 4 aromatic rings. The molecule has 0 aliphatic carbocycles. The van der Waals surface area contributed by atoms with Crippen LogP contribution in [-0.4, -0.2) is 25.3 Å². The van der Waals surface area contributed by atoms with Crippen LogP contribution in [0.1, 0.15) is 53.4 Å². The van der Waals surface area contributed by atoms with Gasteiger partial charge < -0.3 is 14.5 Å². The van der Waals surface area contributed by atoms with Crippen LogP contribution < -0.4 is 0 Å². The van der Waals surface area contributed by atoms with Gasteiger partial charge in [0.2, 0.25) is 0 Å². The summed E-state index contributed by atoms with van der Waals surface area (Å²) in [5.41, 5.74) is 3.98. The zero-order valence-corrected chi connectivity index (χ0v) is 23.3. The summed E-state index contributed by atoms with van der Waals surface area (Å²) in [7, 11) is 0. The number of aliphatic hydroxyl groups is 1. The molecule has 0 spiro atoms. The quantitative estimate of drug-likeness (QED) is 0.125. The predicted octanol–water partition coefficient (Wildman–Crippen LogP) is 7.22. The van der Waals surface area contributed by atoms with E-state index in [9.17, 15) is 9.90 Å². The topological polar surface area (TPSA) is 67.5 Å². The van der Waals surface area contributed by atoms with Crippen LogP contribution in [0, 0.1) is 17.9 Å². The second-order valence-electron chi connectivity index (χ2n) is 8.39. The normalized spacial score (nSPS) is 11.4. The van der Waals surface area contributed by atoms with Crippen molar-refractivity contribution < 1.29 is 30.0 Å². The first-order chi connectivity index (χ1) is 16.5. The van der Waals surface area contributed by atoms with Crippen LogP contribution >= 0.6 is 0 Å². The number of pyridine rings is 2. The van der Waals surface area contributed by atoms with Crippen LogP contribution in [0.15, 0.2) is 72.9 Å². The molecule has 1 radical (unpaired) electrons. The van der Waals surface area contributed by atoms with Crippen LogP contribution in [0.2, 0.25) is 0 Å². The molecule has 187 valence electrons. The third kappa shape index (κ3) is 7.09. The van der Waals surface area contributed by atoms with Gasteiger partial charge >= 0.3 is 0 Å². The number of carbonyl (C=O) groups is 1. The van der Waals surface area contributed by atoms with E-state index in [0.717, 1.165) is 53.5 Å². The third-order valence-electron chi connectivity index (χ3n) is 6.32. The summed E-state index contributed by atoms with van der Waals surface area (Å²) in [6.45, 7) is 8.07. The van der Waals surface area contributed by atoms with Gasteiger partial charge in [-0.2, -0.15) is 0 Å². The second kappa shape index (κ2) is 13.9. The van der Waals surface area contributed by atoms with Crippen molar-refractivity contribution in [2.45, 2.75) is 53.4 Å². The van der Waals surface area contributed by atoms with Crippen LogP contribution in [0.25, 0.3) is 27.8 Å². The molecule has 0 atom stereocenters. The van der Waals surface area contributed by atoms with Crippen LogP contribution in [0.4, 0.5) is 0 Å². The maximum atomic E-state index is 11.7. The molecule has 0 aliphatic rings. The van der Waals surface area contributed by atoms with E-state index in [1.54, 1.807) is 0 Å². The zero-order valence-electron chi connectivity index (χ0n) is 20.9. The van der Waals surface area contributed by atoms with Crippen LogP contribution in [-0.2, 0) is 24.9 Å². The van der Waals surface area contributed by atoms with Gasteiger partial charge in [-0.1, -0.05) is 33.8 Å². The smallest absolute Gasteiger partial charge is 0.162 e. The van der Waals surface area contributed by atoms with Gasteiger partial charge in [0, 0.05) is 67.5 Å². The number of carbonyl (C=O) groups excluding carboxylic acids is 1. The molecule has 1 aromatic carbocycles. The Hall–Kier alpha value is -2.82. The van der Waals surface area contributed by atoms with Crippen molar-refractivity contribution in [2.75, 3.05) is 0 Å². The van der Waals surface area contributed by atoms with E-state index in [0.29, 0.717) is 0 Å². The number of fused-ring (bicyclic) bond motifs is 3. The van der Waals surface area contributed by atoms with E-state index >= 15 is 0 Å². The number of allylic oxidation sites excluding steroid dienone is 2. The van der Waals surface area contributed by atoms with Crippen LogP contribution in [0.3, 0.4) is 0 Å². The number of hydrogen-bond donors (Lipinski definition) is 1. The van der Waals surface area contributed by atoms with E-state index in [1.807, 2.05) is 82.7 Å². The van der Waals surface area contributed by atoms with E-state index in [4.69, 9.17) is 0 Å². The van der Waals surface area contributed by atoms with Crippen molar-refractivity contribution in [1.82, 2.24) is 14.4 Å². The maximum Gasteiger partial charge on any atom is 0.162 e. The number of ketones is 1. The Kier molecular flexibility index (Phi) is 11.3. The molecule has 0 saturated heterocycles. The first-order valence-electron chi connectivity index (χ1n) is 12.2. The molecule has 5 nitrogen and oxygen atoms in total. The fourth-order valence-electron chi connectivity index (χ4n) is 4.08. The Labute approximate surface area is 221 Å². The van der Waals surface area contributed by atoms with Gasteiger partial charge in [0.1, 0.15) is 5.65 Å². The monoisotopic (exact) mass is 649 g/mol. The molecular formula is C29H34IrN3O2-. The molecule has 0 aliphatic heterocycles. The number of aliphatic hydroxyl groups excluding tert-OH is 1. The van der Waals surface area contributed by atoms with Gasteiger partial charge in [-0.25, -0.2) is 4.98 Å². The van der Waals surface area contributed by atoms with E-state index in [1.165, 1.54) is 6.08 Å². The summed E-state index contributed by atoms with van der Waals surface area (Å²) >= 11 is 0. The van der Waals surface area contributed by atoms with E-state index in [-0.39, 0.29) is 43.5 Å². The standard InChI is InChI=1S/C16H10N3.C13H24O2.Ir/c1-2-4-12(5-3-1)14-10-15-13(11-18-14)6-7-16-17-8-9-19(15)16;1-5-10(6-2)12(14)9-13(15)11(7-3)8-4;/h1-4,6-11H;9-11,14H,5-8H2,1-4H3;/q-1;;/b;12-9-;. The molecule has 0 saturated carbocycles. The van der Waals surface area contributed by atoms with Gasteiger partial charge in [0.05, 0.1) is 5.76 Å². The number of rotatable bonds is 8. The van der Waals surface area contributed by atoms with Crippen molar-refractivity contribution in [2.24, 2.45) is 11.8 Å². The minimum Gasteiger partial charge on any atom is -0.512 e. The minimum atomic E-state index is 0. The molecule has 35 heavy (non-hydrogen) atoms. The number of imidazole rings is 1. The molecule has 0 bridgehead atoms. The molecule has 3 aromatic heterocycles. The number of nitrogens with zero attached hydrogens (tertiary/aromatic N) is 3. The average Bonchev–Trinajstić information content (AvgIpc) is 3.36. The van der Waals surface area contributed by atoms with Crippen molar-refractivity contribution in [3.05, 3.63) is 79.0 Å². The Morgan fingerprint density at radius 1 is 1.03 bits per heavy atom. The van der Waals surface area contributed by atoms with Crippen molar-refractivity contribution >= 4 is 22.3 Å². The Morgan fingerprint density at radius 2 is 1.74 bits per heavy atom. The Morgan fingerprint density at radius 3 is 2.37 bits per heavy atom. The maximum absolute atomic E-state index is 11.7.